The molecule has 1 rings (SSSR count). The van der Waals surface area contributed by atoms with Crippen molar-refractivity contribution < 1.29 is 4.79 Å². The molecule has 1 aliphatic heterocycles. The number of nitrogens with two attached hydrogens (primary N) is 1. The minimum atomic E-state index is -0.348. The van der Waals surface area contributed by atoms with E-state index in [1.807, 2.05) is 4.90 Å². The van der Waals surface area contributed by atoms with E-state index in [4.69, 9.17) is 5.73 Å². The zero-order valence-electron chi connectivity index (χ0n) is 10.6. The van der Waals surface area contributed by atoms with Crippen LogP contribution in [-0.4, -0.2) is 29.4 Å². The molecule has 0 aromatic heterocycles. The number of amides is 1. The van der Waals surface area contributed by atoms with Crippen molar-refractivity contribution in [2.24, 2.45) is 11.7 Å². The number of hydrogen-bond donors (Lipinski definition) is 1. The fourth-order valence-electron chi connectivity index (χ4n) is 2.57. The average molecular weight is 249 g/mol. The Balaban J connectivity index is 0.00000225. The van der Waals surface area contributed by atoms with Gasteiger partial charge >= 0.3 is 0 Å². The number of likely N-dealkylation sites (tertiary alicyclic amines) is 1. The van der Waals surface area contributed by atoms with Crippen LogP contribution in [0, 0.1) is 5.92 Å². The van der Waals surface area contributed by atoms with E-state index >= 15 is 0 Å². The molecule has 4 heteroatoms. The molecule has 1 saturated heterocycles. The quantitative estimate of drug-likeness (QED) is 0.829. The number of rotatable bonds is 4. The molecule has 0 saturated carbocycles. The summed E-state index contributed by atoms with van der Waals surface area (Å²) < 4.78 is 0. The van der Waals surface area contributed by atoms with Gasteiger partial charge in [-0.1, -0.05) is 20.3 Å². The molecule has 0 aliphatic carbocycles. The first kappa shape index (κ1) is 15.7. The highest BCUT2D eigenvalue weighted by Crippen LogP contribution is 2.27. The second-order valence-corrected chi connectivity index (χ2v) is 4.80. The lowest BCUT2D eigenvalue weighted by Crippen LogP contribution is -2.46. The van der Waals surface area contributed by atoms with E-state index in [1.165, 1.54) is 12.8 Å². The second kappa shape index (κ2) is 7.13. The fraction of sp³-hybridized carbons (Fsp3) is 0.917. The Morgan fingerprint density at radius 2 is 2.12 bits per heavy atom. The van der Waals surface area contributed by atoms with E-state index in [0.717, 1.165) is 19.4 Å². The van der Waals surface area contributed by atoms with E-state index < -0.39 is 0 Å². The molecule has 96 valence electrons. The van der Waals surface area contributed by atoms with Gasteiger partial charge < -0.3 is 10.6 Å². The van der Waals surface area contributed by atoms with Crippen molar-refractivity contribution in [3.63, 3.8) is 0 Å². The van der Waals surface area contributed by atoms with Crippen LogP contribution in [0.3, 0.4) is 0 Å². The summed E-state index contributed by atoms with van der Waals surface area (Å²) in [5.41, 5.74) is 5.66. The van der Waals surface area contributed by atoms with Gasteiger partial charge in [0.15, 0.2) is 0 Å². The number of carbonyl (C=O) groups is 1. The summed E-state index contributed by atoms with van der Waals surface area (Å²) in [7, 11) is 0. The largest absolute Gasteiger partial charge is 0.338 e. The second-order valence-electron chi connectivity index (χ2n) is 4.80. The van der Waals surface area contributed by atoms with Crippen molar-refractivity contribution >= 4 is 18.3 Å². The standard InChI is InChI=1S/C12H24N2O.ClH/c1-4-6-9(2)11-7-5-8-14(11)12(15)10(3)13;/h9-11H,4-8,13H2,1-3H3;1H. The normalized spacial score (nSPS) is 23.8. The van der Waals surface area contributed by atoms with E-state index in [1.54, 1.807) is 6.92 Å². The average Bonchev–Trinajstić information content (AvgIpc) is 2.65. The van der Waals surface area contributed by atoms with Crippen LogP contribution in [0.4, 0.5) is 0 Å². The van der Waals surface area contributed by atoms with Gasteiger partial charge in [-0.05, 0) is 32.1 Å². The summed E-state index contributed by atoms with van der Waals surface area (Å²) >= 11 is 0. The third kappa shape index (κ3) is 3.63. The van der Waals surface area contributed by atoms with Gasteiger partial charge in [-0.15, -0.1) is 12.4 Å². The zero-order valence-corrected chi connectivity index (χ0v) is 11.4. The molecule has 3 atom stereocenters. The van der Waals surface area contributed by atoms with E-state index in [-0.39, 0.29) is 24.4 Å². The van der Waals surface area contributed by atoms with Crippen molar-refractivity contribution in [3.8, 4) is 0 Å². The van der Waals surface area contributed by atoms with Crippen LogP contribution >= 0.6 is 12.4 Å². The summed E-state index contributed by atoms with van der Waals surface area (Å²) in [4.78, 5) is 13.9. The number of nitrogens with zero attached hydrogens (tertiary/aromatic N) is 1. The van der Waals surface area contributed by atoms with Gasteiger partial charge in [0.2, 0.25) is 5.91 Å². The SMILES string of the molecule is CCCC(C)C1CCCN1C(=O)C(C)N.Cl. The van der Waals surface area contributed by atoms with Crippen molar-refractivity contribution in [2.75, 3.05) is 6.54 Å². The van der Waals surface area contributed by atoms with Gasteiger partial charge in [0.05, 0.1) is 6.04 Å². The molecule has 1 aliphatic rings. The lowest BCUT2D eigenvalue weighted by atomic mass is 9.95. The van der Waals surface area contributed by atoms with E-state index in [2.05, 4.69) is 13.8 Å². The molecule has 3 unspecified atom stereocenters. The van der Waals surface area contributed by atoms with Crippen molar-refractivity contribution in [2.45, 2.75) is 58.5 Å². The maximum absolute atomic E-state index is 11.9. The molecule has 1 amide bonds. The molecule has 1 fully saturated rings. The molecule has 0 radical (unpaired) electrons. The number of carbonyl (C=O) groups excluding carboxylic acids is 1. The molecule has 3 nitrogen and oxygen atoms in total. The monoisotopic (exact) mass is 248 g/mol. The van der Waals surface area contributed by atoms with Crippen LogP contribution in [0.25, 0.3) is 0 Å². The predicted octanol–water partition coefficient (Wildman–Crippen LogP) is 2.18. The van der Waals surface area contributed by atoms with Gasteiger partial charge in [0.25, 0.3) is 0 Å². The smallest absolute Gasteiger partial charge is 0.239 e. The zero-order chi connectivity index (χ0) is 11.4. The van der Waals surface area contributed by atoms with Crippen molar-refractivity contribution in [1.29, 1.82) is 0 Å². The summed E-state index contributed by atoms with van der Waals surface area (Å²) in [6.45, 7) is 7.13. The Kier molecular flexibility index (Phi) is 7.00. The predicted molar refractivity (Wildman–Crippen MR) is 69.7 cm³/mol. The highest BCUT2D eigenvalue weighted by molar-refractivity contribution is 5.85. The number of hydrogen-bond acceptors (Lipinski definition) is 2. The molecule has 2 N–H and O–H groups in total. The van der Waals surface area contributed by atoms with Crippen LogP contribution in [0.5, 0.6) is 0 Å². The fourth-order valence-corrected chi connectivity index (χ4v) is 2.57. The van der Waals surface area contributed by atoms with Crippen LogP contribution in [0.1, 0.15) is 46.5 Å². The van der Waals surface area contributed by atoms with Crippen molar-refractivity contribution in [3.05, 3.63) is 0 Å². The highest BCUT2D eigenvalue weighted by Gasteiger charge is 2.33. The minimum absolute atomic E-state index is 0. The Bertz CT molecular complexity index is 221. The Hall–Kier alpha value is -0.280. The summed E-state index contributed by atoms with van der Waals surface area (Å²) in [6.07, 6.45) is 4.68. The Morgan fingerprint density at radius 1 is 1.50 bits per heavy atom. The molecule has 1 heterocycles. The van der Waals surface area contributed by atoms with Crippen LogP contribution < -0.4 is 5.73 Å². The maximum atomic E-state index is 11.9. The van der Waals surface area contributed by atoms with E-state index in [0.29, 0.717) is 12.0 Å². The van der Waals surface area contributed by atoms with E-state index in [9.17, 15) is 4.79 Å². The Labute approximate surface area is 105 Å². The molecule has 0 aromatic carbocycles. The van der Waals surface area contributed by atoms with Gasteiger partial charge in [-0.25, -0.2) is 0 Å². The van der Waals surface area contributed by atoms with Crippen LogP contribution in [-0.2, 0) is 4.79 Å². The first-order chi connectivity index (χ1) is 7.07. The van der Waals surface area contributed by atoms with Gasteiger partial charge in [0, 0.05) is 12.6 Å². The lowest BCUT2D eigenvalue weighted by Gasteiger charge is -2.30. The molecule has 16 heavy (non-hydrogen) atoms. The first-order valence-electron chi connectivity index (χ1n) is 6.14. The molecule has 0 spiro atoms. The van der Waals surface area contributed by atoms with Crippen LogP contribution in [0.15, 0.2) is 0 Å². The molecular weight excluding hydrogens is 224 g/mol. The Morgan fingerprint density at radius 3 is 2.62 bits per heavy atom. The van der Waals surface area contributed by atoms with Gasteiger partial charge in [-0.3, -0.25) is 4.79 Å². The maximum Gasteiger partial charge on any atom is 0.239 e. The molecule has 0 bridgehead atoms. The summed E-state index contributed by atoms with van der Waals surface area (Å²) in [5.74, 6) is 0.737. The first-order valence-corrected chi connectivity index (χ1v) is 6.14. The number of halogens is 1. The topological polar surface area (TPSA) is 46.3 Å². The third-order valence-corrected chi connectivity index (χ3v) is 3.37. The third-order valence-electron chi connectivity index (χ3n) is 3.37. The van der Waals surface area contributed by atoms with Crippen molar-refractivity contribution in [1.82, 2.24) is 4.90 Å². The summed E-state index contributed by atoms with van der Waals surface area (Å²) in [5, 5.41) is 0. The minimum Gasteiger partial charge on any atom is -0.338 e. The lowest BCUT2D eigenvalue weighted by molar-refractivity contribution is -0.133. The molecule has 0 aromatic rings. The molecular formula is C12H25ClN2O. The van der Waals surface area contributed by atoms with Gasteiger partial charge in [-0.2, -0.15) is 0 Å². The van der Waals surface area contributed by atoms with Crippen LogP contribution in [0.2, 0.25) is 0 Å². The highest BCUT2D eigenvalue weighted by atomic mass is 35.5. The summed E-state index contributed by atoms with van der Waals surface area (Å²) in [6, 6.07) is 0.0860. The van der Waals surface area contributed by atoms with Gasteiger partial charge in [0.1, 0.15) is 0 Å².